The second-order valence-corrected chi connectivity index (χ2v) is 4.29. The van der Waals surface area contributed by atoms with Gasteiger partial charge in [-0.2, -0.15) is 5.26 Å². The molecule has 1 aromatic heterocycles. The minimum absolute atomic E-state index is 0.642. The van der Waals surface area contributed by atoms with Crippen molar-refractivity contribution in [3.05, 3.63) is 34.8 Å². The smallest absolute Gasteiger partial charge is 0.147 e. The van der Waals surface area contributed by atoms with Gasteiger partial charge < -0.3 is 5.32 Å². The van der Waals surface area contributed by atoms with Crippen molar-refractivity contribution in [2.45, 2.75) is 6.54 Å². The Morgan fingerprint density at radius 3 is 3.06 bits per heavy atom. The minimum Gasteiger partial charge on any atom is -0.313 e. The molecule has 0 fully saturated rings. The molecule has 0 unspecified atom stereocenters. The maximum Gasteiger partial charge on any atom is 0.147 e. The Balaban J connectivity index is 2.32. The monoisotopic (exact) mass is 230 g/mol. The SMILES string of the molecule is CNCc1nnc(-c2cccc(C#N)c2)s1. The highest BCUT2D eigenvalue weighted by Gasteiger charge is 2.06. The predicted octanol–water partition coefficient (Wildman–Crippen LogP) is 1.80. The molecular weight excluding hydrogens is 220 g/mol. The first-order valence-electron chi connectivity index (χ1n) is 4.81. The quantitative estimate of drug-likeness (QED) is 0.873. The number of nitriles is 1. The first-order valence-corrected chi connectivity index (χ1v) is 5.62. The van der Waals surface area contributed by atoms with Crippen LogP contribution in [0, 0.1) is 11.3 Å². The summed E-state index contributed by atoms with van der Waals surface area (Å²) in [6.45, 7) is 0.718. The van der Waals surface area contributed by atoms with Crippen LogP contribution >= 0.6 is 11.3 Å². The third-order valence-electron chi connectivity index (χ3n) is 2.03. The molecule has 0 saturated carbocycles. The van der Waals surface area contributed by atoms with Gasteiger partial charge in [0.2, 0.25) is 0 Å². The van der Waals surface area contributed by atoms with E-state index in [1.165, 1.54) is 11.3 Å². The molecule has 0 atom stereocenters. The molecule has 0 aliphatic carbocycles. The van der Waals surface area contributed by atoms with Crippen molar-refractivity contribution in [2.75, 3.05) is 7.05 Å². The lowest BCUT2D eigenvalue weighted by Crippen LogP contribution is -2.04. The molecule has 5 heteroatoms. The van der Waals surface area contributed by atoms with E-state index in [9.17, 15) is 0 Å². The van der Waals surface area contributed by atoms with E-state index in [0.29, 0.717) is 5.56 Å². The van der Waals surface area contributed by atoms with Crippen molar-refractivity contribution in [3.63, 3.8) is 0 Å². The van der Waals surface area contributed by atoms with Crippen molar-refractivity contribution >= 4 is 11.3 Å². The summed E-state index contributed by atoms with van der Waals surface area (Å²) in [6, 6.07) is 9.50. The van der Waals surface area contributed by atoms with Gasteiger partial charge in [-0.25, -0.2) is 0 Å². The average molecular weight is 230 g/mol. The molecule has 0 amide bonds. The van der Waals surface area contributed by atoms with Gasteiger partial charge in [0, 0.05) is 12.1 Å². The Hall–Kier alpha value is -1.77. The maximum atomic E-state index is 8.81. The Morgan fingerprint density at radius 1 is 1.44 bits per heavy atom. The van der Waals surface area contributed by atoms with Crippen LogP contribution in [0.3, 0.4) is 0 Å². The Kier molecular flexibility index (Phi) is 3.25. The molecule has 0 spiro atoms. The average Bonchev–Trinajstić information content (AvgIpc) is 2.78. The van der Waals surface area contributed by atoms with E-state index < -0.39 is 0 Å². The first kappa shape index (κ1) is 10.7. The van der Waals surface area contributed by atoms with Gasteiger partial charge in [0.25, 0.3) is 0 Å². The third kappa shape index (κ3) is 2.24. The number of hydrogen-bond acceptors (Lipinski definition) is 5. The van der Waals surface area contributed by atoms with Gasteiger partial charge in [-0.05, 0) is 19.2 Å². The number of benzene rings is 1. The molecule has 0 aliphatic heterocycles. The van der Waals surface area contributed by atoms with Crippen molar-refractivity contribution < 1.29 is 0 Å². The highest BCUT2D eigenvalue weighted by molar-refractivity contribution is 7.14. The molecule has 0 aliphatic rings. The maximum absolute atomic E-state index is 8.81. The summed E-state index contributed by atoms with van der Waals surface area (Å²) < 4.78 is 0. The second kappa shape index (κ2) is 4.84. The molecular formula is C11H10N4S. The number of aromatic nitrogens is 2. The second-order valence-electron chi connectivity index (χ2n) is 3.22. The number of nitrogens with zero attached hydrogens (tertiary/aromatic N) is 3. The summed E-state index contributed by atoms with van der Waals surface area (Å²) in [4.78, 5) is 0. The Morgan fingerprint density at radius 2 is 2.31 bits per heavy atom. The van der Waals surface area contributed by atoms with E-state index >= 15 is 0 Å². The van der Waals surface area contributed by atoms with Crippen LogP contribution in [0.4, 0.5) is 0 Å². The van der Waals surface area contributed by atoms with Crippen molar-refractivity contribution in [3.8, 4) is 16.6 Å². The molecule has 4 nitrogen and oxygen atoms in total. The molecule has 2 aromatic rings. The van der Waals surface area contributed by atoms with Crippen LogP contribution in [0.1, 0.15) is 10.6 Å². The molecule has 0 bridgehead atoms. The Bertz CT molecular complexity index is 527. The van der Waals surface area contributed by atoms with Crippen LogP contribution in [0.15, 0.2) is 24.3 Å². The number of nitrogens with one attached hydrogen (secondary N) is 1. The van der Waals surface area contributed by atoms with Crippen LogP contribution < -0.4 is 5.32 Å². The van der Waals surface area contributed by atoms with E-state index in [-0.39, 0.29) is 0 Å². The number of hydrogen-bond donors (Lipinski definition) is 1. The van der Waals surface area contributed by atoms with Gasteiger partial charge in [-0.1, -0.05) is 23.5 Å². The van der Waals surface area contributed by atoms with E-state index in [1.807, 2.05) is 25.2 Å². The highest BCUT2D eigenvalue weighted by Crippen LogP contribution is 2.23. The van der Waals surface area contributed by atoms with E-state index in [2.05, 4.69) is 21.6 Å². The van der Waals surface area contributed by atoms with E-state index in [0.717, 1.165) is 22.1 Å². The normalized spacial score (nSPS) is 10.0. The standard InChI is InChI=1S/C11H10N4S/c1-13-7-10-14-15-11(16-10)9-4-2-3-8(5-9)6-12/h2-5,13H,7H2,1H3. The first-order chi connectivity index (χ1) is 7.83. The van der Waals surface area contributed by atoms with Gasteiger partial charge in [0.15, 0.2) is 0 Å². The van der Waals surface area contributed by atoms with Crippen LogP contribution in [0.5, 0.6) is 0 Å². The molecule has 0 radical (unpaired) electrons. The largest absolute Gasteiger partial charge is 0.313 e. The molecule has 16 heavy (non-hydrogen) atoms. The molecule has 0 saturated heterocycles. The van der Waals surface area contributed by atoms with Crippen molar-refractivity contribution in [1.29, 1.82) is 5.26 Å². The van der Waals surface area contributed by atoms with E-state index in [1.54, 1.807) is 6.07 Å². The zero-order chi connectivity index (χ0) is 11.4. The molecule has 2 rings (SSSR count). The lowest BCUT2D eigenvalue weighted by Gasteiger charge is -1.94. The zero-order valence-corrected chi connectivity index (χ0v) is 9.58. The summed E-state index contributed by atoms with van der Waals surface area (Å²) in [5, 5.41) is 21.8. The summed E-state index contributed by atoms with van der Waals surface area (Å²) >= 11 is 1.54. The molecule has 1 N–H and O–H groups in total. The topological polar surface area (TPSA) is 61.6 Å². The third-order valence-corrected chi connectivity index (χ3v) is 3.01. The minimum atomic E-state index is 0.642. The molecule has 80 valence electrons. The summed E-state index contributed by atoms with van der Waals surface area (Å²) in [5.41, 5.74) is 1.58. The van der Waals surface area contributed by atoms with Crippen LogP contribution in [0.2, 0.25) is 0 Å². The fourth-order valence-corrected chi connectivity index (χ4v) is 2.16. The van der Waals surface area contributed by atoms with Gasteiger partial charge in [0.05, 0.1) is 11.6 Å². The fraction of sp³-hybridized carbons (Fsp3) is 0.182. The summed E-state index contributed by atoms with van der Waals surface area (Å²) in [5.74, 6) is 0. The highest BCUT2D eigenvalue weighted by atomic mass is 32.1. The summed E-state index contributed by atoms with van der Waals surface area (Å²) in [7, 11) is 1.87. The van der Waals surface area contributed by atoms with Crippen LogP contribution in [-0.4, -0.2) is 17.2 Å². The van der Waals surface area contributed by atoms with Crippen molar-refractivity contribution in [2.24, 2.45) is 0 Å². The Labute approximate surface area is 97.6 Å². The number of rotatable bonds is 3. The summed E-state index contributed by atoms with van der Waals surface area (Å²) in [6.07, 6.45) is 0. The zero-order valence-electron chi connectivity index (χ0n) is 8.77. The van der Waals surface area contributed by atoms with Gasteiger partial charge >= 0.3 is 0 Å². The lowest BCUT2D eigenvalue weighted by molar-refractivity contribution is 0.795. The van der Waals surface area contributed by atoms with Crippen LogP contribution in [-0.2, 0) is 6.54 Å². The van der Waals surface area contributed by atoms with E-state index in [4.69, 9.17) is 5.26 Å². The van der Waals surface area contributed by atoms with Gasteiger partial charge in [0.1, 0.15) is 10.0 Å². The van der Waals surface area contributed by atoms with Gasteiger partial charge in [-0.15, -0.1) is 10.2 Å². The van der Waals surface area contributed by atoms with Crippen LogP contribution in [0.25, 0.3) is 10.6 Å². The predicted molar refractivity (Wildman–Crippen MR) is 62.8 cm³/mol. The van der Waals surface area contributed by atoms with Crippen molar-refractivity contribution in [1.82, 2.24) is 15.5 Å². The van der Waals surface area contributed by atoms with Gasteiger partial charge in [-0.3, -0.25) is 0 Å². The molecule has 1 aromatic carbocycles. The molecule has 1 heterocycles. The lowest BCUT2D eigenvalue weighted by atomic mass is 10.1. The fourth-order valence-electron chi connectivity index (χ4n) is 1.31.